The molecule has 0 bridgehead atoms. The molecule has 1 aromatic carbocycles. The fraction of sp³-hybridized carbons (Fsp3) is 0.429. The minimum Gasteiger partial charge on any atom is -0.496 e. The van der Waals surface area contributed by atoms with Gasteiger partial charge in [0.25, 0.3) is 5.91 Å². The van der Waals surface area contributed by atoms with Gasteiger partial charge in [-0.3, -0.25) is 9.59 Å². The molecule has 0 saturated heterocycles. The van der Waals surface area contributed by atoms with Crippen LogP contribution in [0.5, 0.6) is 5.75 Å². The Balaban J connectivity index is 2.86. The van der Waals surface area contributed by atoms with Crippen molar-refractivity contribution in [3.63, 3.8) is 0 Å². The minimum absolute atomic E-state index is 0.0543. The molecule has 1 amide bonds. The van der Waals surface area contributed by atoms with E-state index in [0.29, 0.717) is 24.5 Å². The average molecular weight is 265 g/mol. The van der Waals surface area contributed by atoms with Crippen LogP contribution < -0.4 is 4.74 Å². The zero-order valence-electron chi connectivity index (χ0n) is 11.5. The second kappa shape index (κ2) is 7.41. The number of carbonyl (C=O) groups is 2. The summed E-state index contributed by atoms with van der Waals surface area (Å²) in [6.45, 7) is 4.22. The molecule has 0 spiro atoms. The van der Waals surface area contributed by atoms with Gasteiger partial charge in [-0.05, 0) is 26.0 Å². The topological polar surface area (TPSA) is 55.8 Å². The van der Waals surface area contributed by atoms with Crippen LogP contribution in [0, 0.1) is 0 Å². The van der Waals surface area contributed by atoms with Gasteiger partial charge < -0.3 is 14.4 Å². The third kappa shape index (κ3) is 3.98. The lowest BCUT2D eigenvalue weighted by Gasteiger charge is -2.20. The maximum atomic E-state index is 12.3. The summed E-state index contributed by atoms with van der Waals surface area (Å²) < 4.78 is 10.0. The molecule has 5 nitrogen and oxygen atoms in total. The van der Waals surface area contributed by atoms with Gasteiger partial charge in [0, 0.05) is 6.54 Å². The number of hydrogen-bond donors (Lipinski definition) is 0. The van der Waals surface area contributed by atoms with Crippen molar-refractivity contribution in [3.8, 4) is 5.75 Å². The van der Waals surface area contributed by atoms with E-state index in [1.807, 2.05) is 6.92 Å². The Labute approximate surface area is 113 Å². The Hall–Kier alpha value is -2.04. The number of methoxy groups -OCH3 is 1. The van der Waals surface area contributed by atoms with Gasteiger partial charge in [-0.15, -0.1) is 0 Å². The third-order valence-corrected chi connectivity index (χ3v) is 2.63. The maximum absolute atomic E-state index is 12.3. The Morgan fingerprint density at radius 2 is 1.89 bits per heavy atom. The molecule has 0 aromatic heterocycles. The van der Waals surface area contributed by atoms with E-state index in [1.165, 1.54) is 12.0 Å². The number of likely N-dealkylation sites (N-methyl/N-ethyl adjacent to an activating group) is 1. The SMILES string of the molecule is CCOC(=O)CN(CC)C(=O)c1ccccc1OC. The van der Waals surface area contributed by atoms with E-state index < -0.39 is 5.97 Å². The fourth-order valence-electron chi connectivity index (χ4n) is 1.68. The lowest BCUT2D eigenvalue weighted by atomic mass is 10.1. The minimum atomic E-state index is -0.410. The predicted molar refractivity (Wildman–Crippen MR) is 71.2 cm³/mol. The van der Waals surface area contributed by atoms with E-state index >= 15 is 0 Å². The van der Waals surface area contributed by atoms with Crippen LogP contribution in [0.2, 0.25) is 0 Å². The third-order valence-electron chi connectivity index (χ3n) is 2.63. The van der Waals surface area contributed by atoms with Crippen LogP contribution >= 0.6 is 0 Å². The monoisotopic (exact) mass is 265 g/mol. The van der Waals surface area contributed by atoms with E-state index in [4.69, 9.17) is 9.47 Å². The number of nitrogens with zero attached hydrogens (tertiary/aromatic N) is 1. The van der Waals surface area contributed by atoms with Gasteiger partial charge >= 0.3 is 5.97 Å². The summed E-state index contributed by atoms with van der Waals surface area (Å²) in [5.74, 6) is -0.157. The van der Waals surface area contributed by atoms with Crippen LogP contribution in [0.1, 0.15) is 24.2 Å². The molecule has 0 aliphatic rings. The summed E-state index contributed by atoms with van der Waals surface area (Å²) in [6, 6.07) is 6.94. The second-order valence-corrected chi connectivity index (χ2v) is 3.82. The summed E-state index contributed by atoms with van der Waals surface area (Å²) in [4.78, 5) is 25.2. The molecular weight excluding hydrogens is 246 g/mol. The molecule has 0 aliphatic heterocycles. The highest BCUT2D eigenvalue weighted by atomic mass is 16.5. The van der Waals surface area contributed by atoms with Crippen molar-refractivity contribution < 1.29 is 19.1 Å². The Morgan fingerprint density at radius 3 is 2.47 bits per heavy atom. The molecule has 0 atom stereocenters. The first-order chi connectivity index (χ1) is 9.13. The van der Waals surface area contributed by atoms with Crippen molar-refractivity contribution in [1.82, 2.24) is 4.90 Å². The first kappa shape index (κ1) is 15.0. The van der Waals surface area contributed by atoms with Gasteiger partial charge in [0.15, 0.2) is 0 Å². The Bertz CT molecular complexity index is 445. The zero-order chi connectivity index (χ0) is 14.3. The van der Waals surface area contributed by atoms with Crippen molar-refractivity contribution in [1.29, 1.82) is 0 Å². The maximum Gasteiger partial charge on any atom is 0.325 e. The Kier molecular flexibility index (Phi) is 5.85. The number of esters is 1. The highest BCUT2D eigenvalue weighted by Gasteiger charge is 2.20. The number of carbonyl (C=O) groups excluding carboxylic acids is 2. The van der Waals surface area contributed by atoms with Gasteiger partial charge in [0.1, 0.15) is 12.3 Å². The lowest BCUT2D eigenvalue weighted by Crippen LogP contribution is -2.36. The molecule has 0 radical (unpaired) electrons. The molecule has 0 N–H and O–H groups in total. The van der Waals surface area contributed by atoms with E-state index in [-0.39, 0.29) is 12.5 Å². The number of ether oxygens (including phenoxy) is 2. The zero-order valence-corrected chi connectivity index (χ0v) is 11.5. The lowest BCUT2D eigenvalue weighted by molar-refractivity contribution is -0.143. The summed E-state index contributed by atoms with van der Waals surface area (Å²) >= 11 is 0. The average Bonchev–Trinajstić information content (AvgIpc) is 2.44. The molecule has 1 aromatic rings. The molecule has 0 aliphatic carbocycles. The molecular formula is C14H19NO4. The smallest absolute Gasteiger partial charge is 0.325 e. The van der Waals surface area contributed by atoms with Gasteiger partial charge in [0.05, 0.1) is 19.3 Å². The van der Waals surface area contributed by atoms with Crippen LogP contribution in [-0.4, -0.2) is 43.6 Å². The summed E-state index contributed by atoms with van der Waals surface area (Å²) in [5.41, 5.74) is 0.441. The van der Waals surface area contributed by atoms with E-state index in [9.17, 15) is 9.59 Å². The second-order valence-electron chi connectivity index (χ2n) is 3.82. The molecule has 5 heteroatoms. The molecule has 0 heterocycles. The van der Waals surface area contributed by atoms with Crippen LogP contribution in [0.15, 0.2) is 24.3 Å². The number of rotatable bonds is 6. The number of hydrogen-bond acceptors (Lipinski definition) is 4. The van der Waals surface area contributed by atoms with Gasteiger partial charge in [-0.2, -0.15) is 0 Å². The molecule has 0 unspecified atom stereocenters. The van der Waals surface area contributed by atoms with E-state index in [1.54, 1.807) is 31.2 Å². The number of benzene rings is 1. The van der Waals surface area contributed by atoms with Crippen LogP contribution in [0.3, 0.4) is 0 Å². The standard InChI is InChI=1S/C14H19NO4/c1-4-15(10-13(16)19-5-2)14(17)11-8-6-7-9-12(11)18-3/h6-9H,4-5,10H2,1-3H3. The summed E-state index contributed by atoms with van der Waals surface area (Å²) in [5, 5.41) is 0. The number of amides is 1. The quantitative estimate of drug-likeness (QED) is 0.735. The molecule has 104 valence electrons. The summed E-state index contributed by atoms with van der Waals surface area (Å²) in [7, 11) is 1.51. The number of para-hydroxylation sites is 1. The normalized spacial score (nSPS) is 9.84. The Morgan fingerprint density at radius 1 is 1.21 bits per heavy atom. The molecule has 0 saturated carbocycles. The van der Waals surface area contributed by atoms with Crippen LogP contribution in [0.25, 0.3) is 0 Å². The molecule has 0 fully saturated rings. The van der Waals surface area contributed by atoms with Crippen molar-refractivity contribution in [3.05, 3.63) is 29.8 Å². The van der Waals surface area contributed by atoms with Gasteiger partial charge in [0.2, 0.25) is 0 Å². The van der Waals surface area contributed by atoms with E-state index in [2.05, 4.69) is 0 Å². The van der Waals surface area contributed by atoms with Crippen LogP contribution in [-0.2, 0) is 9.53 Å². The van der Waals surface area contributed by atoms with Gasteiger partial charge in [-0.1, -0.05) is 12.1 Å². The first-order valence-corrected chi connectivity index (χ1v) is 6.21. The predicted octanol–water partition coefficient (Wildman–Crippen LogP) is 1.72. The molecule has 1 rings (SSSR count). The van der Waals surface area contributed by atoms with Crippen molar-refractivity contribution in [2.24, 2.45) is 0 Å². The van der Waals surface area contributed by atoms with E-state index in [0.717, 1.165) is 0 Å². The van der Waals surface area contributed by atoms with Crippen LogP contribution in [0.4, 0.5) is 0 Å². The van der Waals surface area contributed by atoms with Crippen molar-refractivity contribution in [2.45, 2.75) is 13.8 Å². The van der Waals surface area contributed by atoms with Crippen molar-refractivity contribution in [2.75, 3.05) is 26.8 Å². The first-order valence-electron chi connectivity index (χ1n) is 6.21. The largest absolute Gasteiger partial charge is 0.496 e. The van der Waals surface area contributed by atoms with Gasteiger partial charge in [-0.25, -0.2) is 0 Å². The highest BCUT2D eigenvalue weighted by Crippen LogP contribution is 2.19. The van der Waals surface area contributed by atoms with Crippen molar-refractivity contribution >= 4 is 11.9 Å². The molecule has 19 heavy (non-hydrogen) atoms. The fourth-order valence-corrected chi connectivity index (χ4v) is 1.68. The highest BCUT2D eigenvalue weighted by molar-refractivity contribution is 5.98. The summed E-state index contributed by atoms with van der Waals surface area (Å²) in [6.07, 6.45) is 0.